The number of rotatable bonds is 30. The number of fused-ring (bicyclic) bond motifs is 1. The highest BCUT2D eigenvalue weighted by molar-refractivity contribution is 7.10. The van der Waals surface area contributed by atoms with Crippen LogP contribution in [0.4, 0.5) is 11.8 Å². The molecule has 3 fully saturated rings. The monoisotopic (exact) mass is 1110 g/mol. The van der Waals surface area contributed by atoms with Crippen LogP contribution in [0.2, 0.25) is 0 Å². The minimum absolute atomic E-state index is 0.0205. The number of nitrogens with one attached hydrogen (secondary N) is 3. The lowest BCUT2D eigenvalue weighted by molar-refractivity contribution is -0.139. The van der Waals surface area contributed by atoms with Crippen molar-refractivity contribution in [1.82, 2.24) is 40.3 Å². The molecular weight excluding hydrogens is 1030 g/mol. The Bertz CT molecular complexity index is 2860. The molecule has 3 aliphatic rings. The van der Waals surface area contributed by atoms with Crippen molar-refractivity contribution in [2.45, 2.75) is 114 Å². The van der Waals surface area contributed by atoms with Gasteiger partial charge in [0.15, 0.2) is 0 Å². The third-order valence-electron chi connectivity index (χ3n) is 15.5. The number of ether oxygens (including phenoxy) is 6. The molecule has 2 amide bonds. The van der Waals surface area contributed by atoms with E-state index >= 15 is 0 Å². The summed E-state index contributed by atoms with van der Waals surface area (Å²) in [6.07, 6.45) is 14.8. The fourth-order valence-electron chi connectivity index (χ4n) is 11.2. The predicted molar refractivity (Wildman–Crippen MR) is 313 cm³/mol. The van der Waals surface area contributed by atoms with Gasteiger partial charge < -0.3 is 54.2 Å². The largest absolute Gasteiger partial charge is 0.491 e. The van der Waals surface area contributed by atoms with E-state index in [9.17, 15) is 9.59 Å². The van der Waals surface area contributed by atoms with E-state index < -0.39 is 6.04 Å². The average Bonchev–Trinajstić information content (AvgIpc) is 4.29. The smallest absolute Gasteiger partial charge is 0.246 e. The van der Waals surface area contributed by atoms with Gasteiger partial charge in [0.25, 0.3) is 0 Å². The first-order valence-electron chi connectivity index (χ1n) is 28.9. The zero-order valence-electron chi connectivity index (χ0n) is 47.2. The number of hydrogen-bond donors (Lipinski definition) is 3. The summed E-state index contributed by atoms with van der Waals surface area (Å²) >= 11 is 1.60. The van der Waals surface area contributed by atoms with Crippen molar-refractivity contribution in [2.75, 3.05) is 104 Å². The van der Waals surface area contributed by atoms with Gasteiger partial charge in [-0.3, -0.25) is 9.59 Å². The number of hydrogen-bond acceptors (Lipinski definition) is 16. The number of nitrogens with zero attached hydrogens (tertiary/aromatic N) is 7. The molecular formula is C61H82N10O8S. The number of carbonyl (C=O) groups is 2. The van der Waals surface area contributed by atoms with Crippen LogP contribution in [0.15, 0.2) is 90.6 Å². The first kappa shape index (κ1) is 58.6. The van der Waals surface area contributed by atoms with E-state index in [1.54, 1.807) is 18.4 Å². The van der Waals surface area contributed by atoms with Gasteiger partial charge in [0.2, 0.25) is 17.8 Å². The molecule has 1 aliphatic heterocycles. The fourth-order valence-corrected chi connectivity index (χ4v) is 12.2. The third-order valence-corrected chi connectivity index (χ3v) is 16.5. The highest BCUT2D eigenvalue weighted by Gasteiger charge is 2.40. The lowest BCUT2D eigenvalue weighted by Gasteiger charge is -2.35. The highest BCUT2D eigenvalue weighted by Crippen LogP contribution is 2.40. The molecule has 0 spiro atoms. The van der Waals surface area contributed by atoms with Crippen LogP contribution >= 0.6 is 11.3 Å². The van der Waals surface area contributed by atoms with Gasteiger partial charge in [-0.15, -0.1) is 11.3 Å². The fraction of sp³-hybridized carbons (Fsp3) is 0.541. The van der Waals surface area contributed by atoms with Gasteiger partial charge >= 0.3 is 0 Å². The van der Waals surface area contributed by atoms with E-state index in [2.05, 4.69) is 61.5 Å². The summed E-state index contributed by atoms with van der Waals surface area (Å²) in [4.78, 5) is 46.1. The maximum Gasteiger partial charge on any atom is 0.246 e. The number of likely N-dealkylation sites (N-methyl/N-ethyl adjacent to an activating group) is 1. The average molecular weight is 1120 g/mol. The number of anilines is 2. The van der Waals surface area contributed by atoms with Crippen LogP contribution in [0.25, 0.3) is 33.3 Å². The molecule has 3 aromatic heterocycles. The number of thiazole rings is 1. The molecule has 0 unspecified atom stereocenters. The molecule has 1 saturated heterocycles. The van der Waals surface area contributed by atoms with E-state index in [0.29, 0.717) is 85.1 Å². The van der Waals surface area contributed by atoms with Crippen LogP contribution in [-0.2, 0) is 39.8 Å². The molecule has 3 aromatic carbocycles. The van der Waals surface area contributed by atoms with Crippen LogP contribution in [0.5, 0.6) is 5.75 Å². The summed E-state index contributed by atoms with van der Waals surface area (Å²) in [5.74, 6) is 2.45. The Kier molecular flexibility index (Phi) is 22.1. The van der Waals surface area contributed by atoms with Crippen molar-refractivity contribution in [2.24, 2.45) is 5.92 Å². The molecule has 3 N–H and O–H groups in total. The number of aromatic nitrogens is 5. The second-order valence-corrected chi connectivity index (χ2v) is 22.2. The number of likely N-dealkylation sites (tertiary alicyclic amines) is 1. The molecule has 430 valence electrons. The summed E-state index contributed by atoms with van der Waals surface area (Å²) in [7, 11) is 5.83. The van der Waals surface area contributed by atoms with Gasteiger partial charge in [-0.1, -0.05) is 73.9 Å². The second-order valence-electron chi connectivity index (χ2n) is 21.3. The lowest BCUT2D eigenvalue weighted by atomic mass is 9.83. The van der Waals surface area contributed by atoms with Crippen molar-refractivity contribution in [3.8, 4) is 28.3 Å². The van der Waals surface area contributed by atoms with Crippen molar-refractivity contribution < 1.29 is 38.0 Å². The molecule has 3 atom stereocenters. The summed E-state index contributed by atoms with van der Waals surface area (Å²) < 4.78 is 37.4. The van der Waals surface area contributed by atoms with Crippen molar-refractivity contribution >= 4 is 45.7 Å². The Morgan fingerprint density at radius 1 is 0.725 bits per heavy atom. The molecule has 2 aliphatic carbocycles. The van der Waals surface area contributed by atoms with E-state index in [1.807, 2.05) is 85.5 Å². The van der Waals surface area contributed by atoms with Crippen LogP contribution in [-0.4, -0.2) is 159 Å². The minimum Gasteiger partial charge on any atom is -0.491 e. The van der Waals surface area contributed by atoms with Crippen molar-refractivity contribution in [3.63, 3.8) is 0 Å². The minimum atomic E-state index is -0.524. The first-order chi connectivity index (χ1) is 39.2. The SMILES string of the molecule is CN[C@@H](C)C(=O)N[C@H](C(=O)N1CCC[C@H]1c1nc(-c2ccc(OCCOCCOCCOCCOCCO[C@H]3CC[C@H](Nc4nccc(-c5cnn(Cc6ccccc6)c5N(C)C)n4)CC3)c3ccccc23)cs1)C1CCCCC1. The van der Waals surface area contributed by atoms with Crippen LogP contribution in [0, 0.1) is 5.92 Å². The number of benzene rings is 3. The summed E-state index contributed by atoms with van der Waals surface area (Å²) in [5, 5.41) is 19.5. The second kappa shape index (κ2) is 30.1. The molecule has 19 heteroatoms. The Morgan fingerprint density at radius 3 is 2.12 bits per heavy atom. The maximum absolute atomic E-state index is 14.4. The zero-order chi connectivity index (χ0) is 55.5. The molecule has 4 heterocycles. The van der Waals surface area contributed by atoms with Crippen LogP contribution < -0.4 is 25.6 Å². The standard InChI is InChI=1S/C61H82N10O8S/c1-43(62-2)57(72)68-56(45-16-9-6-10-17-45)60(73)70-29-13-20-54(70)58-66-53(42-80-58)49-25-26-55(50-19-12-11-18-48(49)50)79-39-37-77-35-33-75-31-30-74-32-34-76-36-38-78-47-23-21-46(22-24-47)65-61-63-28-27-52(67-61)51-40-64-71(59(51)69(3)4)41-44-14-7-5-8-15-44/h5,7-8,11-12,14-15,18-19,25-28,40,42-43,45-47,54,56,62H,6,9-10,13,16-17,20-24,29-39,41H2,1-4H3,(H,68,72)(H,63,65,67)/t43-,46-,47-,54-,56-/m0/s1. The van der Waals surface area contributed by atoms with Gasteiger partial charge in [0, 0.05) is 49.2 Å². The topological polar surface area (TPSA) is 189 Å². The summed E-state index contributed by atoms with van der Waals surface area (Å²) in [5.41, 5.74) is 4.90. The normalized spacial score (nSPS) is 18.6. The number of carbonyl (C=O) groups excluding carboxylic acids is 2. The Morgan fingerprint density at radius 2 is 1.41 bits per heavy atom. The van der Waals surface area contributed by atoms with Gasteiger partial charge in [-0.2, -0.15) is 5.10 Å². The van der Waals surface area contributed by atoms with Gasteiger partial charge in [0.05, 0.1) is 107 Å². The molecule has 9 rings (SSSR count). The molecule has 0 radical (unpaired) electrons. The number of amides is 2. The summed E-state index contributed by atoms with van der Waals surface area (Å²) in [6.45, 7) is 7.95. The van der Waals surface area contributed by atoms with Gasteiger partial charge in [-0.25, -0.2) is 19.6 Å². The van der Waals surface area contributed by atoms with Gasteiger partial charge in [-0.05, 0) is 100 Å². The molecule has 2 saturated carbocycles. The third kappa shape index (κ3) is 15.9. The Labute approximate surface area is 475 Å². The highest BCUT2D eigenvalue weighted by atomic mass is 32.1. The van der Waals surface area contributed by atoms with Crippen LogP contribution in [0.1, 0.15) is 94.2 Å². The summed E-state index contributed by atoms with van der Waals surface area (Å²) in [6, 6.07) is 23.9. The predicted octanol–water partition coefficient (Wildman–Crippen LogP) is 8.95. The maximum atomic E-state index is 14.4. The Hall–Kier alpha value is -6.06. The van der Waals surface area contributed by atoms with Crippen LogP contribution in [0.3, 0.4) is 0 Å². The van der Waals surface area contributed by atoms with E-state index in [1.165, 1.54) is 12.0 Å². The molecule has 0 bridgehead atoms. The zero-order valence-corrected chi connectivity index (χ0v) is 48.0. The van der Waals surface area contributed by atoms with Crippen molar-refractivity contribution in [3.05, 3.63) is 101 Å². The first-order valence-corrected chi connectivity index (χ1v) is 29.8. The lowest BCUT2D eigenvalue weighted by Crippen LogP contribution is -2.55. The quantitative estimate of drug-likeness (QED) is 0.0363. The van der Waals surface area contributed by atoms with Crippen molar-refractivity contribution in [1.29, 1.82) is 0 Å². The van der Waals surface area contributed by atoms with E-state index in [0.717, 1.165) is 114 Å². The Balaban J connectivity index is 0.610. The molecule has 6 aromatic rings. The molecule has 80 heavy (non-hydrogen) atoms. The molecule has 18 nitrogen and oxygen atoms in total. The van der Waals surface area contributed by atoms with E-state index in [-0.39, 0.29) is 42.0 Å². The van der Waals surface area contributed by atoms with Gasteiger partial charge in [0.1, 0.15) is 29.2 Å². The van der Waals surface area contributed by atoms with E-state index in [4.69, 9.17) is 43.5 Å².